The van der Waals surface area contributed by atoms with Crippen molar-refractivity contribution in [2.45, 2.75) is 6.10 Å². The Morgan fingerprint density at radius 1 is 1.31 bits per heavy atom. The number of nitrogens with zero attached hydrogens (tertiary/aromatic N) is 1. The van der Waals surface area contributed by atoms with E-state index < -0.39 is 6.10 Å². The van der Waals surface area contributed by atoms with Crippen molar-refractivity contribution in [2.75, 3.05) is 6.79 Å². The zero-order valence-electron chi connectivity index (χ0n) is 8.29. The molecule has 2 aromatic rings. The molecule has 1 unspecified atom stereocenters. The molecule has 3 rings (SSSR count). The summed E-state index contributed by atoms with van der Waals surface area (Å²) in [7, 11) is 0. The van der Waals surface area contributed by atoms with Crippen molar-refractivity contribution in [3.63, 3.8) is 0 Å². The van der Waals surface area contributed by atoms with Gasteiger partial charge in [-0.1, -0.05) is 6.07 Å². The van der Waals surface area contributed by atoms with Gasteiger partial charge in [-0.3, -0.25) is 0 Å². The number of hydrogen-bond donors (Lipinski definition) is 1. The first-order chi connectivity index (χ1) is 7.84. The molecule has 0 radical (unpaired) electrons. The highest BCUT2D eigenvalue weighted by atomic mass is 32.1. The maximum absolute atomic E-state index is 10.1. The summed E-state index contributed by atoms with van der Waals surface area (Å²) in [5, 5.41) is 12.6. The second-order valence-corrected chi connectivity index (χ2v) is 4.31. The first kappa shape index (κ1) is 9.62. The number of benzene rings is 1. The van der Waals surface area contributed by atoms with Crippen molar-refractivity contribution in [1.82, 2.24) is 4.98 Å². The quantitative estimate of drug-likeness (QED) is 0.864. The van der Waals surface area contributed by atoms with Crippen LogP contribution in [0.15, 0.2) is 29.8 Å². The summed E-state index contributed by atoms with van der Waals surface area (Å²) in [6.07, 6.45) is 0.977. The van der Waals surface area contributed by atoms with Gasteiger partial charge in [0.15, 0.2) is 11.5 Å². The van der Waals surface area contributed by atoms with Crippen molar-refractivity contribution in [2.24, 2.45) is 0 Å². The molecule has 0 saturated carbocycles. The van der Waals surface area contributed by atoms with E-state index >= 15 is 0 Å². The minimum atomic E-state index is -0.700. The standard InChI is InChI=1S/C11H9NO3S/c13-10(11-12-3-4-16-11)7-1-2-8-9(5-7)15-6-14-8/h1-5,10,13H,6H2. The van der Waals surface area contributed by atoms with Gasteiger partial charge in [-0.2, -0.15) is 0 Å². The van der Waals surface area contributed by atoms with E-state index in [2.05, 4.69) is 4.98 Å². The average Bonchev–Trinajstić information content (AvgIpc) is 2.98. The van der Waals surface area contributed by atoms with Crippen LogP contribution in [0, 0.1) is 0 Å². The van der Waals surface area contributed by atoms with Gasteiger partial charge >= 0.3 is 0 Å². The molecule has 0 spiro atoms. The van der Waals surface area contributed by atoms with Gasteiger partial charge < -0.3 is 14.6 Å². The highest BCUT2D eigenvalue weighted by Gasteiger charge is 2.18. The largest absolute Gasteiger partial charge is 0.454 e. The van der Waals surface area contributed by atoms with Crippen LogP contribution in [0.3, 0.4) is 0 Å². The van der Waals surface area contributed by atoms with Gasteiger partial charge in [0.05, 0.1) is 0 Å². The lowest BCUT2D eigenvalue weighted by atomic mass is 10.1. The number of aliphatic hydroxyl groups is 1. The van der Waals surface area contributed by atoms with E-state index in [4.69, 9.17) is 9.47 Å². The molecular weight excluding hydrogens is 226 g/mol. The van der Waals surface area contributed by atoms with Gasteiger partial charge in [-0.05, 0) is 17.7 Å². The molecule has 4 nitrogen and oxygen atoms in total. The van der Waals surface area contributed by atoms with E-state index in [0.717, 1.165) is 11.3 Å². The molecule has 2 heterocycles. The van der Waals surface area contributed by atoms with Crippen molar-refractivity contribution in [3.05, 3.63) is 40.3 Å². The highest BCUT2D eigenvalue weighted by Crippen LogP contribution is 2.35. The lowest BCUT2D eigenvalue weighted by Gasteiger charge is -2.08. The zero-order valence-corrected chi connectivity index (χ0v) is 9.11. The van der Waals surface area contributed by atoms with Crippen molar-refractivity contribution in [3.8, 4) is 11.5 Å². The fourth-order valence-corrected chi connectivity index (χ4v) is 2.24. The van der Waals surface area contributed by atoms with E-state index in [0.29, 0.717) is 10.8 Å². The molecular formula is C11H9NO3S. The molecule has 1 aliphatic rings. The van der Waals surface area contributed by atoms with Crippen LogP contribution in [-0.4, -0.2) is 16.9 Å². The Bertz CT molecular complexity index is 498. The summed E-state index contributed by atoms with van der Waals surface area (Å²) in [5.74, 6) is 1.39. The van der Waals surface area contributed by atoms with Crippen LogP contribution in [0.5, 0.6) is 11.5 Å². The van der Waals surface area contributed by atoms with Gasteiger partial charge in [0.25, 0.3) is 0 Å². The molecule has 1 atom stereocenters. The van der Waals surface area contributed by atoms with Crippen LogP contribution in [0.4, 0.5) is 0 Å². The predicted octanol–water partition coefficient (Wildman–Crippen LogP) is 1.95. The van der Waals surface area contributed by atoms with Crippen LogP contribution in [-0.2, 0) is 0 Å². The third-order valence-corrected chi connectivity index (χ3v) is 3.23. The van der Waals surface area contributed by atoms with Gasteiger partial charge in [0.1, 0.15) is 11.1 Å². The topological polar surface area (TPSA) is 51.6 Å². The zero-order chi connectivity index (χ0) is 11.0. The third-order valence-electron chi connectivity index (χ3n) is 2.40. The molecule has 1 N–H and O–H groups in total. The highest BCUT2D eigenvalue weighted by molar-refractivity contribution is 7.09. The average molecular weight is 235 g/mol. The van der Waals surface area contributed by atoms with Gasteiger partial charge in [-0.25, -0.2) is 4.98 Å². The molecule has 1 aliphatic heterocycles. The summed E-state index contributed by atoms with van der Waals surface area (Å²) in [6, 6.07) is 5.41. The predicted molar refractivity (Wildman–Crippen MR) is 58.7 cm³/mol. The molecule has 82 valence electrons. The minimum Gasteiger partial charge on any atom is -0.454 e. The van der Waals surface area contributed by atoms with Gasteiger partial charge in [0.2, 0.25) is 6.79 Å². The molecule has 1 aromatic heterocycles. The van der Waals surface area contributed by atoms with Crippen LogP contribution < -0.4 is 9.47 Å². The van der Waals surface area contributed by atoms with Gasteiger partial charge in [0, 0.05) is 11.6 Å². The summed E-state index contributed by atoms with van der Waals surface area (Å²) < 4.78 is 10.5. The number of thiazole rings is 1. The molecule has 0 saturated heterocycles. The van der Waals surface area contributed by atoms with E-state index in [1.807, 2.05) is 11.4 Å². The SMILES string of the molecule is OC(c1ccc2c(c1)OCO2)c1nccs1. The summed E-state index contributed by atoms with van der Waals surface area (Å²) >= 11 is 1.43. The van der Waals surface area contributed by atoms with Crippen molar-refractivity contribution >= 4 is 11.3 Å². The van der Waals surface area contributed by atoms with Crippen molar-refractivity contribution in [1.29, 1.82) is 0 Å². The van der Waals surface area contributed by atoms with Crippen LogP contribution >= 0.6 is 11.3 Å². The molecule has 1 aromatic carbocycles. The van der Waals surface area contributed by atoms with E-state index in [1.165, 1.54) is 11.3 Å². The number of ether oxygens (including phenoxy) is 2. The summed E-state index contributed by atoms with van der Waals surface area (Å²) in [4.78, 5) is 4.08. The molecule has 16 heavy (non-hydrogen) atoms. The fourth-order valence-electron chi connectivity index (χ4n) is 1.60. The number of aliphatic hydroxyl groups excluding tert-OH is 1. The van der Waals surface area contributed by atoms with Crippen LogP contribution in [0.25, 0.3) is 0 Å². The summed E-state index contributed by atoms with van der Waals surface area (Å²) in [6.45, 7) is 0.242. The number of hydrogen-bond acceptors (Lipinski definition) is 5. The normalized spacial score (nSPS) is 15.1. The van der Waals surface area contributed by atoms with Crippen LogP contribution in [0.2, 0.25) is 0 Å². The van der Waals surface area contributed by atoms with E-state index in [9.17, 15) is 5.11 Å². The second-order valence-electron chi connectivity index (χ2n) is 3.39. The molecule has 0 bridgehead atoms. The Morgan fingerprint density at radius 2 is 2.19 bits per heavy atom. The third kappa shape index (κ3) is 1.54. The molecule has 0 amide bonds. The first-order valence-electron chi connectivity index (χ1n) is 4.81. The molecule has 5 heteroatoms. The maximum Gasteiger partial charge on any atom is 0.231 e. The number of rotatable bonds is 2. The Balaban J connectivity index is 1.95. The number of aromatic nitrogens is 1. The lowest BCUT2D eigenvalue weighted by molar-refractivity contribution is 0.173. The molecule has 0 aliphatic carbocycles. The Morgan fingerprint density at radius 3 is 3.00 bits per heavy atom. The fraction of sp³-hybridized carbons (Fsp3) is 0.182. The Kier molecular flexibility index (Phi) is 2.27. The monoisotopic (exact) mass is 235 g/mol. The smallest absolute Gasteiger partial charge is 0.231 e. The second kappa shape index (κ2) is 3.77. The van der Waals surface area contributed by atoms with Gasteiger partial charge in [-0.15, -0.1) is 11.3 Å². The Hall–Kier alpha value is -1.59. The maximum atomic E-state index is 10.1. The molecule has 0 fully saturated rings. The number of fused-ring (bicyclic) bond motifs is 1. The Labute approximate surface area is 96.1 Å². The summed E-state index contributed by atoms with van der Waals surface area (Å²) in [5.41, 5.74) is 0.763. The van der Waals surface area contributed by atoms with Crippen LogP contribution in [0.1, 0.15) is 16.7 Å². The first-order valence-corrected chi connectivity index (χ1v) is 5.69. The lowest BCUT2D eigenvalue weighted by Crippen LogP contribution is -1.98. The van der Waals surface area contributed by atoms with Crippen molar-refractivity contribution < 1.29 is 14.6 Å². The van der Waals surface area contributed by atoms with E-state index in [1.54, 1.807) is 18.3 Å². The minimum absolute atomic E-state index is 0.242. The van der Waals surface area contributed by atoms with E-state index in [-0.39, 0.29) is 6.79 Å².